The summed E-state index contributed by atoms with van der Waals surface area (Å²) in [5.41, 5.74) is 3.08. The van der Waals surface area contributed by atoms with Gasteiger partial charge in [-0.1, -0.05) is 38.2 Å². The van der Waals surface area contributed by atoms with E-state index in [0.29, 0.717) is 0 Å². The molecule has 0 saturated carbocycles. The molecule has 0 amide bonds. The molecule has 0 aromatic carbocycles. The van der Waals surface area contributed by atoms with Gasteiger partial charge in [0, 0.05) is 0 Å². The van der Waals surface area contributed by atoms with Crippen molar-refractivity contribution in [2.24, 2.45) is 11.8 Å². The van der Waals surface area contributed by atoms with Crippen LogP contribution in [0.15, 0.2) is 35.5 Å². The molecular weight excluding hydrogens is 156 g/mol. The molecular formula is C13H18. The van der Waals surface area contributed by atoms with Gasteiger partial charge in [0.1, 0.15) is 0 Å². The Labute approximate surface area is 81.0 Å². The van der Waals surface area contributed by atoms with Crippen molar-refractivity contribution in [3.63, 3.8) is 0 Å². The molecule has 0 heteroatoms. The van der Waals surface area contributed by atoms with E-state index in [4.69, 9.17) is 0 Å². The van der Waals surface area contributed by atoms with Gasteiger partial charge in [-0.15, -0.1) is 0 Å². The van der Waals surface area contributed by atoms with E-state index >= 15 is 0 Å². The Morgan fingerprint density at radius 2 is 2.23 bits per heavy atom. The lowest BCUT2D eigenvalue weighted by molar-refractivity contribution is 0.463. The van der Waals surface area contributed by atoms with E-state index in [0.717, 1.165) is 11.8 Å². The molecule has 1 unspecified atom stereocenters. The molecule has 0 aliphatic heterocycles. The molecule has 0 fully saturated rings. The summed E-state index contributed by atoms with van der Waals surface area (Å²) < 4.78 is 0. The average Bonchev–Trinajstić information content (AvgIpc) is 2.17. The number of fused-ring (bicyclic) bond motifs is 1. The quantitative estimate of drug-likeness (QED) is 0.566. The molecule has 0 saturated heterocycles. The van der Waals surface area contributed by atoms with E-state index in [1.807, 2.05) is 0 Å². The zero-order chi connectivity index (χ0) is 9.26. The van der Waals surface area contributed by atoms with Crippen LogP contribution in [0.5, 0.6) is 0 Å². The van der Waals surface area contributed by atoms with E-state index in [1.165, 1.54) is 24.8 Å². The van der Waals surface area contributed by atoms with Crippen molar-refractivity contribution in [1.29, 1.82) is 0 Å². The normalized spacial score (nSPS) is 26.8. The van der Waals surface area contributed by atoms with Crippen LogP contribution < -0.4 is 0 Å². The summed E-state index contributed by atoms with van der Waals surface area (Å²) in [5, 5.41) is 0. The number of rotatable bonds is 1. The fraction of sp³-hybridized carbons (Fsp3) is 0.538. The third-order valence-corrected chi connectivity index (χ3v) is 3.13. The Morgan fingerprint density at radius 3 is 3.00 bits per heavy atom. The van der Waals surface area contributed by atoms with Crippen LogP contribution in [0, 0.1) is 11.8 Å². The van der Waals surface area contributed by atoms with Crippen LogP contribution >= 0.6 is 0 Å². The van der Waals surface area contributed by atoms with Crippen molar-refractivity contribution in [2.45, 2.75) is 33.1 Å². The Morgan fingerprint density at radius 1 is 1.38 bits per heavy atom. The molecule has 0 aromatic heterocycles. The van der Waals surface area contributed by atoms with Crippen molar-refractivity contribution in [1.82, 2.24) is 0 Å². The Balaban J connectivity index is 2.21. The Bertz CT molecular complexity index is 276. The van der Waals surface area contributed by atoms with E-state index in [-0.39, 0.29) is 0 Å². The monoisotopic (exact) mass is 174 g/mol. The summed E-state index contributed by atoms with van der Waals surface area (Å²) in [7, 11) is 0. The second kappa shape index (κ2) is 3.53. The second-order valence-electron chi connectivity index (χ2n) is 4.44. The second-order valence-corrected chi connectivity index (χ2v) is 4.44. The highest BCUT2D eigenvalue weighted by molar-refractivity contribution is 5.44. The summed E-state index contributed by atoms with van der Waals surface area (Å²) in [6.07, 6.45) is 13.3. The average molecular weight is 174 g/mol. The van der Waals surface area contributed by atoms with Crippen LogP contribution in [-0.4, -0.2) is 0 Å². The highest BCUT2D eigenvalue weighted by atomic mass is 14.2. The summed E-state index contributed by atoms with van der Waals surface area (Å²) in [6, 6.07) is 0. The molecule has 2 aliphatic carbocycles. The molecule has 70 valence electrons. The van der Waals surface area contributed by atoms with Gasteiger partial charge >= 0.3 is 0 Å². The third kappa shape index (κ3) is 1.77. The van der Waals surface area contributed by atoms with Crippen molar-refractivity contribution < 1.29 is 0 Å². The zero-order valence-electron chi connectivity index (χ0n) is 8.59. The van der Waals surface area contributed by atoms with Crippen LogP contribution in [0.1, 0.15) is 33.1 Å². The Hall–Kier alpha value is -0.780. The van der Waals surface area contributed by atoms with Crippen LogP contribution in [0.25, 0.3) is 0 Å². The smallest absolute Gasteiger partial charge is 0.0167 e. The maximum atomic E-state index is 2.47. The number of allylic oxidation sites excluding steroid dienone is 6. The molecule has 0 aromatic rings. The van der Waals surface area contributed by atoms with E-state index in [2.05, 4.69) is 38.2 Å². The Kier molecular flexibility index (Phi) is 2.39. The first-order valence-corrected chi connectivity index (χ1v) is 5.35. The van der Waals surface area contributed by atoms with Gasteiger partial charge in [-0.2, -0.15) is 0 Å². The molecule has 0 spiro atoms. The van der Waals surface area contributed by atoms with Crippen molar-refractivity contribution in [3.05, 3.63) is 35.5 Å². The predicted octanol–water partition coefficient (Wildman–Crippen LogP) is 3.87. The summed E-state index contributed by atoms with van der Waals surface area (Å²) >= 11 is 0. The van der Waals surface area contributed by atoms with Crippen molar-refractivity contribution in [2.75, 3.05) is 0 Å². The molecule has 2 rings (SSSR count). The van der Waals surface area contributed by atoms with Crippen LogP contribution in [-0.2, 0) is 0 Å². The minimum absolute atomic E-state index is 0.765. The van der Waals surface area contributed by atoms with Crippen LogP contribution in [0.2, 0.25) is 0 Å². The first kappa shape index (κ1) is 8.80. The minimum Gasteiger partial charge on any atom is -0.0836 e. The first-order valence-electron chi connectivity index (χ1n) is 5.35. The van der Waals surface area contributed by atoms with Crippen LogP contribution in [0.3, 0.4) is 0 Å². The van der Waals surface area contributed by atoms with Crippen molar-refractivity contribution >= 4 is 0 Å². The zero-order valence-corrected chi connectivity index (χ0v) is 8.59. The SMILES string of the molecule is CC(C)C1C=C2C=CCCC2=CC1. The van der Waals surface area contributed by atoms with Gasteiger partial charge in [0.25, 0.3) is 0 Å². The van der Waals surface area contributed by atoms with E-state index in [9.17, 15) is 0 Å². The highest BCUT2D eigenvalue weighted by Crippen LogP contribution is 2.32. The lowest BCUT2D eigenvalue weighted by Crippen LogP contribution is -2.10. The van der Waals surface area contributed by atoms with Gasteiger partial charge in [-0.25, -0.2) is 0 Å². The van der Waals surface area contributed by atoms with Crippen molar-refractivity contribution in [3.8, 4) is 0 Å². The fourth-order valence-corrected chi connectivity index (χ4v) is 2.12. The molecule has 0 heterocycles. The van der Waals surface area contributed by atoms with E-state index in [1.54, 1.807) is 5.57 Å². The van der Waals surface area contributed by atoms with Gasteiger partial charge in [-0.3, -0.25) is 0 Å². The van der Waals surface area contributed by atoms with Gasteiger partial charge < -0.3 is 0 Å². The summed E-state index contributed by atoms with van der Waals surface area (Å²) in [6.45, 7) is 4.63. The lowest BCUT2D eigenvalue weighted by Gasteiger charge is -2.24. The largest absolute Gasteiger partial charge is 0.0836 e. The third-order valence-electron chi connectivity index (χ3n) is 3.13. The molecule has 0 bridgehead atoms. The maximum Gasteiger partial charge on any atom is -0.0167 e. The molecule has 0 nitrogen and oxygen atoms in total. The molecule has 2 aliphatic rings. The van der Waals surface area contributed by atoms with E-state index < -0.39 is 0 Å². The predicted molar refractivity (Wildman–Crippen MR) is 57.5 cm³/mol. The van der Waals surface area contributed by atoms with Gasteiger partial charge in [0.2, 0.25) is 0 Å². The lowest BCUT2D eigenvalue weighted by atomic mass is 9.81. The summed E-state index contributed by atoms with van der Waals surface area (Å²) in [4.78, 5) is 0. The van der Waals surface area contributed by atoms with Crippen LogP contribution in [0.4, 0.5) is 0 Å². The topological polar surface area (TPSA) is 0 Å². The molecule has 1 atom stereocenters. The molecule has 13 heavy (non-hydrogen) atoms. The number of hydrogen-bond acceptors (Lipinski definition) is 0. The summed E-state index contributed by atoms with van der Waals surface area (Å²) in [5.74, 6) is 1.54. The van der Waals surface area contributed by atoms with Gasteiger partial charge in [0.15, 0.2) is 0 Å². The standard InChI is InChI=1S/C13H18/c1-10(2)12-8-7-11-5-3-4-6-13(11)9-12/h4,6-7,9-10,12H,3,5,8H2,1-2H3. The van der Waals surface area contributed by atoms with Gasteiger partial charge in [-0.05, 0) is 42.2 Å². The minimum atomic E-state index is 0.765. The van der Waals surface area contributed by atoms with Gasteiger partial charge in [0.05, 0.1) is 0 Å². The maximum absolute atomic E-state index is 2.47. The molecule has 0 N–H and O–H groups in total. The first-order chi connectivity index (χ1) is 6.27. The number of hydrogen-bond donors (Lipinski definition) is 0. The highest BCUT2D eigenvalue weighted by Gasteiger charge is 2.17. The fourth-order valence-electron chi connectivity index (χ4n) is 2.12. The molecule has 0 radical (unpaired) electrons.